The molecule has 90 valence electrons. The Kier molecular flexibility index (Phi) is 6.22. The molecule has 1 aliphatic heterocycles. The van der Waals surface area contributed by atoms with Crippen molar-refractivity contribution in [2.75, 3.05) is 26.4 Å². The van der Waals surface area contributed by atoms with Crippen molar-refractivity contribution in [1.29, 1.82) is 0 Å². The first kappa shape index (κ1) is 12.9. The number of hydrogen-bond acceptors (Lipinski definition) is 3. The minimum absolute atomic E-state index is 0.0467. The average Bonchev–Trinajstić information content (AvgIpc) is 2.20. The van der Waals surface area contributed by atoms with Crippen LogP contribution in [0.2, 0.25) is 0 Å². The molecule has 1 heterocycles. The zero-order valence-electron chi connectivity index (χ0n) is 9.83. The fraction of sp³-hybridized carbons (Fsp3) is 1.00. The maximum Gasteiger partial charge on any atom is 0.0934 e. The van der Waals surface area contributed by atoms with Gasteiger partial charge in [-0.2, -0.15) is 0 Å². The Morgan fingerprint density at radius 2 is 2.00 bits per heavy atom. The first-order valence-corrected chi connectivity index (χ1v) is 6.15. The van der Waals surface area contributed by atoms with Gasteiger partial charge >= 0.3 is 0 Å². The topological polar surface area (TPSA) is 38.7 Å². The molecule has 1 atom stereocenters. The maximum atomic E-state index is 8.60. The monoisotopic (exact) mass is 216 g/mol. The third-order valence-electron chi connectivity index (χ3n) is 3.17. The molecule has 15 heavy (non-hydrogen) atoms. The maximum absolute atomic E-state index is 8.60. The van der Waals surface area contributed by atoms with Gasteiger partial charge in [-0.05, 0) is 19.3 Å². The van der Waals surface area contributed by atoms with Crippen LogP contribution >= 0.6 is 0 Å². The van der Waals surface area contributed by atoms with E-state index in [1.165, 1.54) is 0 Å². The van der Waals surface area contributed by atoms with Crippen molar-refractivity contribution in [3.63, 3.8) is 0 Å². The van der Waals surface area contributed by atoms with Gasteiger partial charge in [0.1, 0.15) is 0 Å². The van der Waals surface area contributed by atoms with Crippen LogP contribution in [0.5, 0.6) is 0 Å². The van der Waals surface area contributed by atoms with Crippen molar-refractivity contribution in [1.82, 2.24) is 0 Å². The highest BCUT2D eigenvalue weighted by molar-refractivity contribution is 4.85. The Labute approximate surface area is 92.8 Å². The molecule has 1 saturated heterocycles. The van der Waals surface area contributed by atoms with Gasteiger partial charge in [-0.25, -0.2) is 0 Å². The van der Waals surface area contributed by atoms with Crippen LogP contribution in [0.25, 0.3) is 0 Å². The van der Waals surface area contributed by atoms with Crippen LogP contribution in [0.15, 0.2) is 0 Å². The standard InChI is InChI=1S/C12H24O3/c1-2-12(7-10-15-12)11-14-9-6-4-3-5-8-13/h13H,2-11H2,1H3. The van der Waals surface area contributed by atoms with Crippen LogP contribution in [0.4, 0.5) is 0 Å². The number of aliphatic hydroxyl groups excluding tert-OH is 1. The van der Waals surface area contributed by atoms with E-state index in [0.717, 1.165) is 58.3 Å². The number of hydrogen-bond donors (Lipinski definition) is 1. The van der Waals surface area contributed by atoms with Crippen molar-refractivity contribution < 1.29 is 14.6 Å². The minimum atomic E-state index is 0.0467. The molecule has 0 aliphatic carbocycles. The highest BCUT2D eigenvalue weighted by atomic mass is 16.6. The quantitative estimate of drug-likeness (QED) is 0.600. The summed E-state index contributed by atoms with van der Waals surface area (Å²) < 4.78 is 11.2. The van der Waals surface area contributed by atoms with Crippen molar-refractivity contribution in [3.05, 3.63) is 0 Å². The van der Waals surface area contributed by atoms with Crippen LogP contribution in [0.1, 0.15) is 45.4 Å². The molecule has 0 spiro atoms. The zero-order valence-corrected chi connectivity index (χ0v) is 9.83. The lowest BCUT2D eigenvalue weighted by Crippen LogP contribution is -2.47. The number of ether oxygens (including phenoxy) is 2. The van der Waals surface area contributed by atoms with Gasteiger partial charge in [-0.15, -0.1) is 0 Å². The molecule has 0 amide bonds. The highest BCUT2D eigenvalue weighted by Crippen LogP contribution is 2.29. The summed E-state index contributed by atoms with van der Waals surface area (Å²) in [7, 11) is 0. The molecule has 1 N–H and O–H groups in total. The molecule has 0 radical (unpaired) electrons. The normalized spacial score (nSPS) is 25.2. The van der Waals surface area contributed by atoms with Gasteiger partial charge in [0.15, 0.2) is 0 Å². The fourth-order valence-corrected chi connectivity index (χ4v) is 1.81. The Morgan fingerprint density at radius 3 is 2.53 bits per heavy atom. The summed E-state index contributed by atoms with van der Waals surface area (Å²) in [5, 5.41) is 8.60. The summed E-state index contributed by atoms with van der Waals surface area (Å²) in [5.41, 5.74) is 0.0467. The largest absolute Gasteiger partial charge is 0.396 e. The van der Waals surface area contributed by atoms with Crippen LogP contribution in [-0.2, 0) is 9.47 Å². The Morgan fingerprint density at radius 1 is 1.27 bits per heavy atom. The Balaban J connectivity index is 1.88. The molecular formula is C12H24O3. The summed E-state index contributed by atoms with van der Waals surface area (Å²) in [5.74, 6) is 0. The van der Waals surface area contributed by atoms with Gasteiger partial charge in [0.25, 0.3) is 0 Å². The molecule has 0 aromatic rings. The van der Waals surface area contributed by atoms with E-state index in [9.17, 15) is 0 Å². The van der Waals surface area contributed by atoms with E-state index in [4.69, 9.17) is 14.6 Å². The summed E-state index contributed by atoms with van der Waals surface area (Å²) >= 11 is 0. The summed E-state index contributed by atoms with van der Waals surface area (Å²) in [6, 6.07) is 0. The van der Waals surface area contributed by atoms with Crippen LogP contribution in [-0.4, -0.2) is 37.1 Å². The van der Waals surface area contributed by atoms with Crippen LogP contribution < -0.4 is 0 Å². The average molecular weight is 216 g/mol. The summed E-state index contributed by atoms with van der Waals surface area (Å²) in [6.07, 6.45) is 6.48. The second kappa shape index (κ2) is 7.20. The predicted octanol–water partition coefficient (Wildman–Crippen LogP) is 2.12. The SMILES string of the molecule is CCC1(COCCCCCCO)CCO1. The highest BCUT2D eigenvalue weighted by Gasteiger charge is 2.36. The molecule has 0 aromatic heterocycles. The van der Waals surface area contributed by atoms with E-state index in [1.54, 1.807) is 0 Å². The molecule has 0 aromatic carbocycles. The molecule has 1 unspecified atom stereocenters. The Hall–Kier alpha value is -0.120. The second-order valence-electron chi connectivity index (χ2n) is 4.33. The molecule has 1 fully saturated rings. The second-order valence-corrected chi connectivity index (χ2v) is 4.33. The van der Waals surface area contributed by atoms with Gasteiger partial charge in [-0.3, -0.25) is 0 Å². The molecule has 1 rings (SSSR count). The summed E-state index contributed by atoms with van der Waals surface area (Å²) in [6.45, 7) is 4.95. The molecule has 3 nitrogen and oxygen atoms in total. The predicted molar refractivity (Wildman–Crippen MR) is 60.0 cm³/mol. The van der Waals surface area contributed by atoms with Crippen molar-refractivity contribution in [3.8, 4) is 0 Å². The Bertz CT molecular complexity index is 149. The van der Waals surface area contributed by atoms with E-state index < -0.39 is 0 Å². The van der Waals surface area contributed by atoms with Gasteiger partial charge in [0, 0.05) is 19.6 Å². The van der Waals surface area contributed by atoms with E-state index in [2.05, 4.69) is 6.92 Å². The van der Waals surface area contributed by atoms with Gasteiger partial charge in [0.2, 0.25) is 0 Å². The first-order chi connectivity index (χ1) is 7.33. The van der Waals surface area contributed by atoms with Gasteiger partial charge in [-0.1, -0.05) is 19.8 Å². The van der Waals surface area contributed by atoms with Crippen molar-refractivity contribution in [2.45, 2.75) is 51.0 Å². The minimum Gasteiger partial charge on any atom is -0.396 e. The third kappa shape index (κ3) is 4.49. The molecule has 3 heteroatoms. The number of unbranched alkanes of at least 4 members (excludes halogenated alkanes) is 3. The van der Waals surface area contributed by atoms with Crippen LogP contribution in [0.3, 0.4) is 0 Å². The molecule has 1 aliphatic rings. The molecular weight excluding hydrogens is 192 g/mol. The third-order valence-corrected chi connectivity index (χ3v) is 3.17. The summed E-state index contributed by atoms with van der Waals surface area (Å²) in [4.78, 5) is 0. The lowest BCUT2D eigenvalue weighted by molar-refractivity contribution is -0.182. The van der Waals surface area contributed by atoms with Crippen molar-refractivity contribution >= 4 is 0 Å². The number of rotatable bonds is 9. The van der Waals surface area contributed by atoms with Crippen LogP contribution in [0, 0.1) is 0 Å². The molecule has 0 saturated carbocycles. The number of aliphatic hydroxyl groups is 1. The van der Waals surface area contributed by atoms with E-state index in [0.29, 0.717) is 6.61 Å². The van der Waals surface area contributed by atoms with Crippen molar-refractivity contribution in [2.24, 2.45) is 0 Å². The fourth-order valence-electron chi connectivity index (χ4n) is 1.81. The first-order valence-electron chi connectivity index (χ1n) is 6.15. The lowest BCUT2D eigenvalue weighted by atomic mass is 9.93. The smallest absolute Gasteiger partial charge is 0.0934 e. The van der Waals surface area contributed by atoms with E-state index in [1.807, 2.05) is 0 Å². The van der Waals surface area contributed by atoms with E-state index >= 15 is 0 Å². The van der Waals surface area contributed by atoms with Gasteiger partial charge < -0.3 is 14.6 Å². The lowest BCUT2D eigenvalue weighted by Gasteiger charge is -2.40. The molecule has 0 bridgehead atoms. The zero-order chi connectivity index (χ0) is 11.0. The van der Waals surface area contributed by atoms with Gasteiger partial charge in [0.05, 0.1) is 18.8 Å². The van der Waals surface area contributed by atoms with E-state index in [-0.39, 0.29) is 5.60 Å².